The molecule has 2 nitrogen and oxygen atoms in total. The van der Waals surface area contributed by atoms with Gasteiger partial charge in [-0.1, -0.05) is 33.6 Å². The number of nitrogens with zero attached hydrogens (tertiary/aromatic N) is 1. The molecule has 1 aliphatic rings. The molecule has 104 valence electrons. The van der Waals surface area contributed by atoms with Crippen LogP contribution >= 0.6 is 0 Å². The van der Waals surface area contributed by atoms with Gasteiger partial charge < -0.3 is 4.74 Å². The molecule has 1 saturated carbocycles. The molecule has 0 heterocycles. The molecule has 0 amide bonds. The first-order valence-electron chi connectivity index (χ1n) is 7.68. The molecule has 3 atom stereocenters. The van der Waals surface area contributed by atoms with Crippen LogP contribution in [-0.2, 0) is 4.74 Å². The lowest BCUT2D eigenvalue weighted by atomic mass is 9.78. The molecule has 0 bridgehead atoms. The molecule has 0 spiro atoms. The van der Waals surface area contributed by atoms with E-state index >= 15 is 0 Å². The summed E-state index contributed by atoms with van der Waals surface area (Å²) in [6.45, 7) is 7.57. The standard InChI is InChI=1S/C16H29NO/c1-4-6-14-8-9-15(12-17)16(11-14)18-10-5-7-13(2)3/h13-16H,4-11H2,1-3H3. The molecule has 2 heteroatoms. The van der Waals surface area contributed by atoms with Crippen molar-refractivity contribution < 1.29 is 4.74 Å². The maximum absolute atomic E-state index is 9.19. The van der Waals surface area contributed by atoms with Gasteiger partial charge in [0.25, 0.3) is 0 Å². The third-order valence-electron chi connectivity index (χ3n) is 4.02. The van der Waals surface area contributed by atoms with Crippen molar-refractivity contribution in [2.45, 2.75) is 71.8 Å². The number of ether oxygens (including phenoxy) is 1. The highest BCUT2D eigenvalue weighted by Gasteiger charge is 2.30. The van der Waals surface area contributed by atoms with E-state index in [1.165, 1.54) is 25.7 Å². The molecular formula is C16H29NO. The third-order valence-corrected chi connectivity index (χ3v) is 4.02. The first-order valence-corrected chi connectivity index (χ1v) is 7.68. The minimum Gasteiger partial charge on any atom is -0.377 e. The molecule has 0 aromatic heterocycles. The molecule has 0 aromatic carbocycles. The molecule has 0 aromatic rings. The molecule has 18 heavy (non-hydrogen) atoms. The van der Waals surface area contributed by atoms with Gasteiger partial charge in [0.2, 0.25) is 0 Å². The molecule has 0 radical (unpaired) electrons. The van der Waals surface area contributed by atoms with Crippen molar-refractivity contribution in [3.05, 3.63) is 0 Å². The molecule has 0 saturated heterocycles. The topological polar surface area (TPSA) is 33.0 Å². The van der Waals surface area contributed by atoms with Crippen LogP contribution in [-0.4, -0.2) is 12.7 Å². The first-order chi connectivity index (χ1) is 8.67. The highest BCUT2D eigenvalue weighted by atomic mass is 16.5. The van der Waals surface area contributed by atoms with Crippen molar-refractivity contribution in [3.8, 4) is 6.07 Å². The fraction of sp³-hybridized carbons (Fsp3) is 0.938. The maximum Gasteiger partial charge on any atom is 0.0735 e. The summed E-state index contributed by atoms with van der Waals surface area (Å²) < 4.78 is 5.99. The molecule has 1 aliphatic carbocycles. The normalized spacial score (nSPS) is 28.3. The van der Waals surface area contributed by atoms with E-state index in [-0.39, 0.29) is 12.0 Å². The van der Waals surface area contributed by atoms with Gasteiger partial charge >= 0.3 is 0 Å². The summed E-state index contributed by atoms with van der Waals surface area (Å²) in [5.74, 6) is 1.67. The Bertz CT molecular complexity index is 256. The average molecular weight is 251 g/mol. The van der Waals surface area contributed by atoms with Crippen molar-refractivity contribution in [3.63, 3.8) is 0 Å². The van der Waals surface area contributed by atoms with Crippen LogP contribution in [0.5, 0.6) is 0 Å². The van der Waals surface area contributed by atoms with Gasteiger partial charge in [0.1, 0.15) is 0 Å². The second-order valence-electron chi connectivity index (χ2n) is 6.15. The maximum atomic E-state index is 9.19. The molecule has 0 aliphatic heterocycles. The van der Waals surface area contributed by atoms with E-state index in [4.69, 9.17) is 4.74 Å². The van der Waals surface area contributed by atoms with Gasteiger partial charge in [0.15, 0.2) is 0 Å². The summed E-state index contributed by atoms with van der Waals surface area (Å²) in [5, 5.41) is 9.19. The van der Waals surface area contributed by atoms with Crippen LogP contribution in [0, 0.1) is 29.1 Å². The van der Waals surface area contributed by atoms with Crippen LogP contribution in [0.15, 0.2) is 0 Å². The van der Waals surface area contributed by atoms with E-state index in [0.29, 0.717) is 0 Å². The Balaban J connectivity index is 2.31. The van der Waals surface area contributed by atoms with E-state index in [1.807, 2.05) is 0 Å². The van der Waals surface area contributed by atoms with Gasteiger partial charge in [0, 0.05) is 6.61 Å². The van der Waals surface area contributed by atoms with Gasteiger partial charge in [0.05, 0.1) is 18.1 Å². The van der Waals surface area contributed by atoms with Crippen molar-refractivity contribution in [2.24, 2.45) is 17.8 Å². The molecule has 1 fully saturated rings. The zero-order valence-electron chi connectivity index (χ0n) is 12.3. The Morgan fingerprint density at radius 2 is 2.11 bits per heavy atom. The van der Waals surface area contributed by atoms with Gasteiger partial charge in [-0.15, -0.1) is 0 Å². The Morgan fingerprint density at radius 3 is 2.72 bits per heavy atom. The predicted molar refractivity (Wildman–Crippen MR) is 75.2 cm³/mol. The Morgan fingerprint density at radius 1 is 1.33 bits per heavy atom. The molecule has 1 rings (SSSR count). The smallest absolute Gasteiger partial charge is 0.0735 e. The van der Waals surface area contributed by atoms with Gasteiger partial charge in [-0.2, -0.15) is 5.26 Å². The van der Waals surface area contributed by atoms with Crippen LogP contribution in [0.1, 0.15) is 65.7 Å². The average Bonchev–Trinajstić information content (AvgIpc) is 2.35. The largest absolute Gasteiger partial charge is 0.377 e. The Labute approximate surface area is 113 Å². The summed E-state index contributed by atoms with van der Waals surface area (Å²) in [7, 11) is 0. The number of hydrogen-bond donors (Lipinski definition) is 0. The number of hydrogen-bond acceptors (Lipinski definition) is 2. The summed E-state index contributed by atoms with van der Waals surface area (Å²) in [6, 6.07) is 2.44. The molecular weight excluding hydrogens is 222 g/mol. The number of rotatable bonds is 7. The highest BCUT2D eigenvalue weighted by molar-refractivity contribution is 4.93. The van der Waals surface area contributed by atoms with Crippen LogP contribution in [0.25, 0.3) is 0 Å². The Hall–Kier alpha value is -0.550. The fourth-order valence-corrected chi connectivity index (χ4v) is 2.94. The highest BCUT2D eigenvalue weighted by Crippen LogP contribution is 2.33. The minimum atomic E-state index is 0.136. The van der Waals surface area contributed by atoms with Crippen molar-refractivity contribution in [1.82, 2.24) is 0 Å². The summed E-state index contributed by atoms with van der Waals surface area (Å²) in [5.41, 5.74) is 0. The lowest BCUT2D eigenvalue weighted by molar-refractivity contribution is -0.0129. The first kappa shape index (κ1) is 15.5. The van der Waals surface area contributed by atoms with E-state index < -0.39 is 0 Å². The van der Waals surface area contributed by atoms with Crippen LogP contribution in [0.2, 0.25) is 0 Å². The van der Waals surface area contributed by atoms with E-state index in [0.717, 1.165) is 37.7 Å². The molecule has 0 N–H and O–H groups in total. The van der Waals surface area contributed by atoms with Gasteiger partial charge in [-0.05, 0) is 43.9 Å². The second kappa shape index (κ2) is 8.53. The molecule has 3 unspecified atom stereocenters. The van der Waals surface area contributed by atoms with E-state index in [1.54, 1.807) is 0 Å². The third kappa shape index (κ3) is 5.40. The SMILES string of the molecule is CCCC1CCC(C#N)C(OCCCC(C)C)C1. The lowest BCUT2D eigenvalue weighted by Gasteiger charge is -2.32. The van der Waals surface area contributed by atoms with E-state index in [2.05, 4.69) is 26.8 Å². The van der Waals surface area contributed by atoms with Gasteiger partial charge in [-0.3, -0.25) is 0 Å². The van der Waals surface area contributed by atoms with E-state index in [9.17, 15) is 5.26 Å². The van der Waals surface area contributed by atoms with Crippen LogP contribution < -0.4 is 0 Å². The summed E-state index contributed by atoms with van der Waals surface area (Å²) in [4.78, 5) is 0. The van der Waals surface area contributed by atoms with Crippen LogP contribution in [0.3, 0.4) is 0 Å². The van der Waals surface area contributed by atoms with Gasteiger partial charge in [-0.25, -0.2) is 0 Å². The minimum absolute atomic E-state index is 0.136. The summed E-state index contributed by atoms with van der Waals surface area (Å²) >= 11 is 0. The monoisotopic (exact) mass is 251 g/mol. The van der Waals surface area contributed by atoms with Crippen molar-refractivity contribution in [2.75, 3.05) is 6.61 Å². The van der Waals surface area contributed by atoms with Crippen LogP contribution in [0.4, 0.5) is 0 Å². The zero-order chi connectivity index (χ0) is 13.4. The van der Waals surface area contributed by atoms with Crippen molar-refractivity contribution in [1.29, 1.82) is 5.26 Å². The quantitative estimate of drug-likeness (QED) is 0.622. The fourth-order valence-electron chi connectivity index (χ4n) is 2.94. The van der Waals surface area contributed by atoms with Crippen molar-refractivity contribution >= 4 is 0 Å². The predicted octanol–water partition coefficient (Wildman–Crippen LogP) is 4.55. The second-order valence-corrected chi connectivity index (χ2v) is 6.15. The Kier molecular flexibility index (Phi) is 7.35. The zero-order valence-corrected chi connectivity index (χ0v) is 12.3. The summed E-state index contributed by atoms with van der Waals surface area (Å²) in [6.07, 6.45) is 8.47. The number of nitriles is 1. The lowest BCUT2D eigenvalue weighted by Crippen LogP contribution is -2.31.